The van der Waals surface area contributed by atoms with Crippen LogP contribution < -0.4 is 0 Å². The van der Waals surface area contributed by atoms with Crippen LogP contribution in [-0.4, -0.2) is 41.6 Å². The average Bonchev–Trinajstić information content (AvgIpc) is 2.76. The number of aryl methyl sites for hydroxylation is 1. The van der Waals surface area contributed by atoms with Crippen LogP contribution in [0.4, 0.5) is 0 Å². The number of nitrogens with zero attached hydrogens (tertiary/aromatic N) is 3. The molecule has 0 bridgehead atoms. The van der Waals surface area contributed by atoms with E-state index < -0.39 is 10.0 Å². The van der Waals surface area contributed by atoms with Crippen molar-refractivity contribution in [1.82, 2.24) is 13.9 Å². The molecule has 0 saturated carbocycles. The molecule has 1 aliphatic rings. The zero-order chi connectivity index (χ0) is 16.1. The third-order valence-electron chi connectivity index (χ3n) is 4.23. The number of piperidine rings is 1. The highest BCUT2D eigenvalue weighted by molar-refractivity contribution is 9.10. The average molecular weight is 407 g/mol. The van der Waals surface area contributed by atoms with E-state index in [1.54, 1.807) is 0 Å². The highest BCUT2D eigenvalue weighted by atomic mass is 79.9. The predicted octanol–water partition coefficient (Wildman–Crippen LogP) is 3.13. The summed E-state index contributed by atoms with van der Waals surface area (Å²) in [4.78, 5) is 4.71. The van der Waals surface area contributed by atoms with Crippen molar-refractivity contribution in [3.63, 3.8) is 0 Å². The molecule has 22 heavy (non-hydrogen) atoms. The molecule has 1 fully saturated rings. The Morgan fingerprint density at radius 2 is 1.95 bits per heavy atom. The molecule has 0 unspecified atom stereocenters. The van der Waals surface area contributed by atoms with Crippen LogP contribution in [0.1, 0.15) is 24.6 Å². The number of rotatable bonds is 2. The first-order valence-corrected chi connectivity index (χ1v) is 10.1. The number of halogens is 2. The van der Waals surface area contributed by atoms with Gasteiger partial charge in [-0.2, -0.15) is 0 Å². The second-order valence-electron chi connectivity index (χ2n) is 5.72. The van der Waals surface area contributed by atoms with Crippen LogP contribution in [0.2, 0.25) is 5.02 Å². The Hall–Kier alpha value is -0.630. The largest absolute Gasteiger partial charge is 0.331 e. The minimum absolute atomic E-state index is 0.255. The van der Waals surface area contributed by atoms with E-state index >= 15 is 0 Å². The molecule has 1 aromatic carbocycles. The summed E-state index contributed by atoms with van der Waals surface area (Å²) in [5.41, 5.74) is 1.79. The molecule has 120 valence electrons. The van der Waals surface area contributed by atoms with E-state index in [2.05, 4.69) is 20.5 Å². The first-order chi connectivity index (χ1) is 10.3. The van der Waals surface area contributed by atoms with Crippen LogP contribution >= 0.6 is 27.5 Å². The van der Waals surface area contributed by atoms with Gasteiger partial charge in [0.05, 0.1) is 16.8 Å². The van der Waals surface area contributed by atoms with Crippen LogP contribution in [0, 0.1) is 0 Å². The lowest BCUT2D eigenvalue weighted by Crippen LogP contribution is -2.37. The normalized spacial score (nSPS) is 18.2. The van der Waals surface area contributed by atoms with Crippen LogP contribution in [-0.2, 0) is 17.1 Å². The molecule has 1 aliphatic heterocycles. The molecular weight excluding hydrogens is 390 g/mol. The van der Waals surface area contributed by atoms with E-state index in [0.717, 1.165) is 34.2 Å². The van der Waals surface area contributed by atoms with E-state index in [-0.39, 0.29) is 5.92 Å². The minimum atomic E-state index is -3.10. The van der Waals surface area contributed by atoms with Gasteiger partial charge in [0, 0.05) is 30.5 Å². The zero-order valence-electron chi connectivity index (χ0n) is 12.4. The number of benzene rings is 1. The molecule has 8 heteroatoms. The van der Waals surface area contributed by atoms with Crippen molar-refractivity contribution in [3.8, 4) is 0 Å². The molecule has 3 rings (SSSR count). The van der Waals surface area contributed by atoms with E-state index in [1.807, 2.05) is 19.2 Å². The SMILES string of the molecule is Cn1c(C2CCN(S(C)(=O)=O)CC2)nc2c(Cl)cc(Br)cc21. The summed E-state index contributed by atoms with van der Waals surface area (Å²) in [7, 11) is -1.12. The molecule has 1 aromatic heterocycles. The van der Waals surface area contributed by atoms with E-state index in [0.29, 0.717) is 18.1 Å². The zero-order valence-corrected chi connectivity index (χ0v) is 15.5. The Kier molecular flexibility index (Phi) is 4.26. The predicted molar refractivity (Wildman–Crippen MR) is 91.8 cm³/mol. The van der Waals surface area contributed by atoms with Crippen molar-refractivity contribution in [2.75, 3.05) is 19.3 Å². The van der Waals surface area contributed by atoms with Gasteiger partial charge in [0.1, 0.15) is 11.3 Å². The number of sulfonamides is 1. The molecule has 2 heterocycles. The summed E-state index contributed by atoms with van der Waals surface area (Å²) in [5, 5.41) is 0.625. The topological polar surface area (TPSA) is 55.2 Å². The van der Waals surface area contributed by atoms with Crippen molar-refractivity contribution < 1.29 is 8.42 Å². The summed E-state index contributed by atoms with van der Waals surface area (Å²) < 4.78 is 27.7. The molecule has 5 nitrogen and oxygen atoms in total. The Balaban J connectivity index is 1.92. The molecule has 0 N–H and O–H groups in total. The molecule has 1 saturated heterocycles. The van der Waals surface area contributed by atoms with Gasteiger partial charge < -0.3 is 4.57 Å². The van der Waals surface area contributed by atoms with E-state index in [9.17, 15) is 8.42 Å². The third kappa shape index (κ3) is 2.91. The fourth-order valence-corrected chi connectivity index (χ4v) is 4.75. The van der Waals surface area contributed by atoms with Crippen molar-refractivity contribution >= 4 is 48.6 Å². The fourth-order valence-electron chi connectivity index (χ4n) is 3.04. The molecule has 0 aliphatic carbocycles. The lowest BCUT2D eigenvalue weighted by Gasteiger charge is -2.29. The number of hydrogen-bond donors (Lipinski definition) is 0. The van der Waals surface area contributed by atoms with Crippen LogP contribution in [0.5, 0.6) is 0 Å². The van der Waals surface area contributed by atoms with Crippen LogP contribution in [0.15, 0.2) is 16.6 Å². The van der Waals surface area contributed by atoms with Crippen molar-refractivity contribution in [1.29, 1.82) is 0 Å². The van der Waals surface area contributed by atoms with E-state index in [4.69, 9.17) is 16.6 Å². The lowest BCUT2D eigenvalue weighted by atomic mass is 9.97. The number of fused-ring (bicyclic) bond motifs is 1. The summed E-state index contributed by atoms with van der Waals surface area (Å²) in [6.07, 6.45) is 2.83. The van der Waals surface area contributed by atoms with Gasteiger partial charge in [-0.3, -0.25) is 0 Å². The van der Waals surface area contributed by atoms with Gasteiger partial charge in [-0.15, -0.1) is 0 Å². The standard InChI is InChI=1S/C14H17BrClN3O2S/c1-18-12-8-10(15)7-11(16)13(12)17-14(18)9-3-5-19(6-4-9)22(2,20)21/h7-9H,3-6H2,1-2H3. The van der Waals surface area contributed by atoms with Crippen molar-refractivity contribution in [3.05, 3.63) is 27.5 Å². The van der Waals surface area contributed by atoms with Crippen LogP contribution in [0.3, 0.4) is 0 Å². The van der Waals surface area contributed by atoms with Gasteiger partial charge in [-0.1, -0.05) is 27.5 Å². The van der Waals surface area contributed by atoms with Crippen molar-refractivity contribution in [2.45, 2.75) is 18.8 Å². The van der Waals surface area contributed by atoms with Crippen molar-refractivity contribution in [2.24, 2.45) is 7.05 Å². The van der Waals surface area contributed by atoms with Gasteiger partial charge >= 0.3 is 0 Å². The van der Waals surface area contributed by atoms with Gasteiger partial charge in [-0.25, -0.2) is 17.7 Å². The highest BCUT2D eigenvalue weighted by Crippen LogP contribution is 2.33. The quantitative estimate of drug-likeness (QED) is 0.770. The maximum atomic E-state index is 11.6. The molecule has 0 amide bonds. The highest BCUT2D eigenvalue weighted by Gasteiger charge is 2.28. The lowest BCUT2D eigenvalue weighted by molar-refractivity contribution is 0.313. The molecule has 0 spiro atoms. The maximum Gasteiger partial charge on any atom is 0.211 e. The Labute approximate surface area is 143 Å². The summed E-state index contributed by atoms with van der Waals surface area (Å²) >= 11 is 9.73. The second-order valence-corrected chi connectivity index (χ2v) is 9.03. The van der Waals surface area contributed by atoms with E-state index in [1.165, 1.54) is 10.6 Å². The first-order valence-electron chi connectivity index (χ1n) is 7.04. The maximum absolute atomic E-state index is 11.6. The van der Waals surface area contributed by atoms with Gasteiger partial charge in [0.2, 0.25) is 10.0 Å². The number of imidazole rings is 1. The Morgan fingerprint density at radius 3 is 2.55 bits per heavy atom. The summed E-state index contributed by atoms with van der Waals surface area (Å²) in [5.74, 6) is 1.23. The monoisotopic (exact) mass is 405 g/mol. The van der Waals surface area contributed by atoms with Crippen LogP contribution in [0.25, 0.3) is 11.0 Å². The minimum Gasteiger partial charge on any atom is -0.331 e. The second kappa shape index (κ2) is 5.78. The molecule has 0 atom stereocenters. The summed E-state index contributed by atoms with van der Waals surface area (Å²) in [6.45, 7) is 1.09. The first kappa shape index (κ1) is 16.2. The number of hydrogen-bond acceptors (Lipinski definition) is 3. The number of aromatic nitrogens is 2. The van der Waals surface area contributed by atoms with Gasteiger partial charge in [0.15, 0.2) is 0 Å². The summed E-state index contributed by atoms with van der Waals surface area (Å²) in [6, 6.07) is 3.84. The molecular formula is C14H17BrClN3O2S. The molecule has 0 radical (unpaired) electrons. The third-order valence-corrected chi connectivity index (χ3v) is 6.28. The fraction of sp³-hybridized carbons (Fsp3) is 0.500. The molecule has 2 aromatic rings. The smallest absolute Gasteiger partial charge is 0.211 e. The van der Waals surface area contributed by atoms with Gasteiger partial charge in [-0.05, 0) is 25.0 Å². The van der Waals surface area contributed by atoms with Gasteiger partial charge in [0.25, 0.3) is 0 Å². The Morgan fingerprint density at radius 1 is 1.32 bits per heavy atom. The Bertz CT molecular complexity index is 826.